The van der Waals surface area contributed by atoms with Gasteiger partial charge in [-0.25, -0.2) is 0 Å². The van der Waals surface area contributed by atoms with Crippen molar-refractivity contribution in [3.05, 3.63) is 10.6 Å². The summed E-state index contributed by atoms with van der Waals surface area (Å²) in [4.78, 5) is 0. The van der Waals surface area contributed by atoms with E-state index in [9.17, 15) is 0 Å². The number of hydrogen-bond acceptors (Lipinski definition) is 0. The van der Waals surface area contributed by atoms with Crippen molar-refractivity contribution in [2.45, 2.75) is 20.8 Å². The van der Waals surface area contributed by atoms with Crippen molar-refractivity contribution in [1.82, 2.24) is 0 Å². The van der Waals surface area contributed by atoms with Crippen LogP contribution in [0.3, 0.4) is 0 Å². The molecule has 0 saturated heterocycles. The molecular weight excluding hydrogens is 95.5 g/mol. The summed E-state index contributed by atoms with van der Waals surface area (Å²) in [5.41, 5.74) is 1.19. The molecule has 0 aliphatic carbocycles. The van der Waals surface area contributed by atoms with Gasteiger partial charge in [-0.2, -0.15) is 0 Å². The summed E-state index contributed by atoms with van der Waals surface area (Å²) in [6.07, 6.45) is 0. The van der Waals surface area contributed by atoms with Crippen molar-refractivity contribution < 1.29 is 0 Å². The van der Waals surface area contributed by atoms with Crippen LogP contribution in [0, 0.1) is 0 Å². The highest BCUT2D eigenvalue weighted by Gasteiger charge is 1.78. The second-order valence-corrected chi connectivity index (χ2v) is 2.10. The molecule has 0 aliphatic rings. The Morgan fingerprint density at radius 3 is 1.33 bits per heavy atom. The molecule has 0 aromatic heterocycles. The summed E-state index contributed by atoms with van der Waals surface area (Å²) >= 11 is 5.49. The lowest BCUT2D eigenvalue weighted by molar-refractivity contribution is 1.34. The third kappa shape index (κ3) is 2.28. The molecule has 0 amide bonds. The van der Waals surface area contributed by atoms with Crippen molar-refractivity contribution in [3.63, 3.8) is 0 Å². The molecule has 0 heterocycles. The van der Waals surface area contributed by atoms with E-state index in [1.807, 2.05) is 20.8 Å². The molecule has 0 spiro atoms. The third-order valence-electron chi connectivity index (χ3n) is 0.689. The fraction of sp³-hybridized carbons (Fsp3) is 0.600. The SMILES string of the molecule is CC(C)=C(C)Cl. The van der Waals surface area contributed by atoms with E-state index in [0.29, 0.717) is 0 Å². The van der Waals surface area contributed by atoms with E-state index in [-0.39, 0.29) is 0 Å². The Morgan fingerprint density at radius 2 is 1.33 bits per heavy atom. The van der Waals surface area contributed by atoms with Crippen molar-refractivity contribution in [3.8, 4) is 0 Å². The summed E-state index contributed by atoms with van der Waals surface area (Å²) in [6.45, 7) is 5.86. The van der Waals surface area contributed by atoms with Crippen LogP contribution in [-0.2, 0) is 0 Å². The second kappa shape index (κ2) is 2.25. The summed E-state index contributed by atoms with van der Waals surface area (Å²) in [6, 6.07) is 0. The van der Waals surface area contributed by atoms with E-state index in [1.165, 1.54) is 5.57 Å². The maximum Gasteiger partial charge on any atom is 0.0136 e. The van der Waals surface area contributed by atoms with Crippen molar-refractivity contribution in [2.75, 3.05) is 0 Å². The van der Waals surface area contributed by atoms with Crippen molar-refractivity contribution in [2.24, 2.45) is 0 Å². The largest absolute Gasteiger partial charge is 0.0895 e. The van der Waals surface area contributed by atoms with Crippen LogP contribution in [0.25, 0.3) is 0 Å². The number of hydrogen-bond donors (Lipinski definition) is 0. The van der Waals surface area contributed by atoms with Crippen LogP contribution in [0.5, 0.6) is 0 Å². The predicted octanol–water partition coefficient (Wildman–Crippen LogP) is 2.54. The minimum Gasteiger partial charge on any atom is -0.0895 e. The smallest absolute Gasteiger partial charge is 0.0136 e. The Morgan fingerprint density at radius 1 is 1.17 bits per heavy atom. The van der Waals surface area contributed by atoms with Crippen molar-refractivity contribution >= 4 is 11.6 Å². The summed E-state index contributed by atoms with van der Waals surface area (Å²) < 4.78 is 0. The quantitative estimate of drug-likeness (QED) is 0.443. The Kier molecular flexibility index (Phi) is 2.26. The molecule has 0 unspecified atom stereocenters. The number of halogens is 1. The maximum absolute atomic E-state index is 5.49. The van der Waals surface area contributed by atoms with Gasteiger partial charge in [-0.15, -0.1) is 0 Å². The summed E-state index contributed by atoms with van der Waals surface area (Å²) in [7, 11) is 0. The zero-order valence-corrected chi connectivity index (χ0v) is 5.13. The van der Waals surface area contributed by atoms with Crippen LogP contribution in [0.1, 0.15) is 20.8 Å². The van der Waals surface area contributed by atoms with Gasteiger partial charge < -0.3 is 0 Å². The average molecular weight is 105 g/mol. The van der Waals surface area contributed by atoms with Gasteiger partial charge in [-0.3, -0.25) is 0 Å². The predicted molar refractivity (Wildman–Crippen MR) is 29.9 cm³/mol. The molecular formula is C5H9Cl. The maximum atomic E-state index is 5.49. The molecule has 0 aliphatic heterocycles. The van der Waals surface area contributed by atoms with Gasteiger partial charge in [0, 0.05) is 5.03 Å². The van der Waals surface area contributed by atoms with Crippen LogP contribution < -0.4 is 0 Å². The molecule has 6 heavy (non-hydrogen) atoms. The van der Waals surface area contributed by atoms with E-state index < -0.39 is 0 Å². The molecule has 1 heteroatoms. The summed E-state index contributed by atoms with van der Waals surface area (Å²) in [5.74, 6) is 0. The van der Waals surface area contributed by atoms with Gasteiger partial charge in [0.25, 0.3) is 0 Å². The second-order valence-electron chi connectivity index (χ2n) is 1.53. The molecule has 0 atom stereocenters. The highest BCUT2D eigenvalue weighted by atomic mass is 35.5. The first kappa shape index (κ1) is 6.03. The van der Waals surface area contributed by atoms with Gasteiger partial charge >= 0.3 is 0 Å². The Labute approximate surface area is 43.8 Å². The van der Waals surface area contributed by atoms with Crippen molar-refractivity contribution in [1.29, 1.82) is 0 Å². The molecule has 0 aromatic carbocycles. The highest BCUT2D eigenvalue weighted by molar-refractivity contribution is 6.29. The Bertz CT molecular complexity index is 54.0. The van der Waals surface area contributed by atoms with Crippen LogP contribution >= 0.6 is 11.6 Å². The standard InChI is InChI=1S/C5H9Cl/c1-4(2)5(3)6/h1-3H3. The van der Waals surface area contributed by atoms with E-state index >= 15 is 0 Å². The van der Waals surface area contributed by atoms with Gasteiger partial charge in [-0.05, 0) is 20.8 Å². The zero-order valence-electron chi connectivity index (χ0n) is 4.38. The van der Waals surface area contributed by atoms with Crippen LogP contribution in [0.15, 0.2) is 10.6 Å². The third-order valence-corrected chi connectivity index (χ3v) is 1.07. The highest BCUT2D eigenvalue weighted by Crippen LogP contribution is 2.04. The monoisotopic (exact) mass is 104 g/mol. The summed E-state index contributed by atoms with van der Waals surface area (Å²) in [5, 5.41) is 0.898. The topological polar surface area (TPSA) is 0 Å². The lowest BCUT2D eigenvalue weighted by Gasteiger charge is -1.85. The molecule has 0 bridgehead atoms. The van der Waals surface area contributed by atoms with E-state index in [4.69, 9.17) is 11.6 Å². The minimum atomic E-state index is 0.898. The molecule has 0 N–H and O–H groups in total. The van der Waals surface area contributed by atoms with Gasteiger partial charge in [0.2, 0.25) is 0 Å². The first-order valence-electron chi connectivity index (χ1n) is 1.94. The van der Waals surface area contributed by atoms with Gasteiger partial charge in [0.1, 0.15) is 0 Å². The molecule has 0 radical (unpaired) electrons. The normalized spacial score (nSPS) is 8.00. The molecule has 0 fully saturated rings. The van der Waals surface area contributed by atoms with Crippen LogP contribution in [0.2, 0.25) is 0 Å². The zero-order chi connectivity index (χ0) is 5.15. The molecule has 0 aromatic rings. The minimum absolute atomic E-state index is 0.898. The van der Waals surface area contributed by atoms with Crippen LogP contribution in [-0.4, -0.2) is 0 Å². The fourth-order valence-corrected chi connectivity index (χ4v) is 0. The molecule has 0 rings (SSSR count). The lowest BCUT2D eigenvalue weighted by Crippen LogP contribution is -1.62. The Balaban J connectivity index is 3.68. The number of rotatable bonds is 0. The van der Waals surface area contributed by atoms with E-state index in [2.05, 4.69) is 0 Å². The first-order chi connectivity index (χ1) is 2.64. The van der Waals surface area contributed by atoms with Gasteiger partial charge in [0.05, 0.1) is 0 Å². The van der Waals surface area contributed by atoms with E-state index in [1.54, 1.807) is 0 Å². The molecule has 0 saturated carbocycles. The lowest BCUT2D eigenvalue weighted by atomic mass is 10.3. The Hall–Kier alpha value is 0.0300. The average Bonchev–Trinajstić information content (AvgIpc) is 1.36. The number of allylic oxidation sites excluding steroid dienone is 2. The fourth-order valence-electron chi connectivity index (χ4n) is 0. The van der Waals surface area contributed by atoms with Crippen LogP contribution in [0.4, 0.5) is 0 Å². The van der Waals surface area contributed by atoms with Gasteiger partial charge in [0.15, 0.2) is 0 Å². The molecule has 36 valence electrons. The molecule has 0 nitrogen and oxygen atoms in total. The van der Waals surface area contributed by atoms with E-state index in [0.717, 1.165) is 5.03 Å². The van der Waals surface area contributed by atoms with Gasteiger partial charge in [-0.1, -0.05) is 17.2 Å². The first-order valence-corrected chi connectivity index (χ1v) is 2.32.